The fourth-order valence-corrected chi connectivity index (χ4v) is 4.44. The highest BCUT2D eigenvalue weighted by atomic mass is 79.9. The van der Waals surface area contributed by atoms with Crippen LogP contribution < -0.4 is 5.69 Å². The van der Waals surface area contributed by atoms with Crippen molar-refractivity contribution >= 4 is 29.5 Å². The molecule has 0 aliphatic carbocycles. The van der Waals surface area contributed by atoms with Crippen LogP contribution in [0.3, 0.4) is 0 Å². The van der Waals surface area contributed by atoms with E-state index in [2.05, 4.69) is 15.9 Å². The minimum Gasteiger partial charge on any atom is -0.462 e. The predicted octanol–water partition coefficient (Wildman–Crippen LogP) is 3.91. The molecule has 0 amide bonds. The molecule has 0 atom stereocenters. The third-order valence-corrected chi connectivity index (χ3v) is 6.44. The first kappa shape index (κ1) is 25.0. The van der Waals surface area contributed by atoms with Gasteiger partial charge in [0.1, 0.15) is 0 Å². The molecule has 0 spiro atoms. The van der Waals surface area contributed by atoms with E-state index in [1.54, 1.807) is 43.6 Å². The van der Waals surface area contributed by atoms with Crippen LogP contribution in [0.15, 0.2) is 64.1 Å². The maximum Gasteiger partial charge on any atom is 0.399 e. The van der Waals surface area contributed by atoms with Crippen molar-refractivity contribution in [3.05, 3.63) is 92.1 Å². The Morgan fingerprint density at radius 1 is 1.06 bits per heavy atom. The number of rotatable bonds is 8. The lowest BCUT2D eigenvalue weighted by Gasteiger charge is -2.19. The predicted molar refractivity (Wildman–Crippen MR) is 119 cm³/mol. The summed E-state index contributed by atoms with van der Waals surface area (Å²) in [7, 11) is -5.70. The molecule has 0 fully saturated rings. The van der Waals surface area contributed by atoms with Gasteiger partial charge in [0.15, 0.2) is 0 Å². The van der Waals surface area contributed by atoms with Gasteiger partial charge in [-0.1, -0.05) is 40.2 Å². The molecule has 1 heterocycles. The van der Waals surface area contributed by atoms with Gasteiger partial charge in [-0.2, -0.15) is 8.78 Å². The van der Waals surface area contributed by atoms with Gasteiger partial charge in [-0.3, -0.25) is 13.7 Å². The second-order valence-corrected chi connectivity index (χ2v) is 9.66. The molecular weight excluding hydrogens is 525 g/mol. The van der Waals surface area contributed by atoms with E-state index in [0.717, 1.165) is 11.6 Å². The second kappa shape index (κ2) is 9.72. The lowest BCUT2D eigenvalue weighted by molar-refractivity contribution is 0.0526. The normalized spacial score (nSPS) is 12.1. The van der Waals surface area contributed by atoms with E-state index in [-0.39, 0.29) is 29.9 Å². The first-order valence-corrected chi connectivity index (χ1v) is 12.1. The molecule has 8 nitrogen and oxygen atoms in total. The number of hydrogen-bond acceptors (Lipinski definition) is 4. The summed E-state index contributed by atoms with van der Waals surface area (Å²) < 4.78 is 46.7. The highest BCUT2D eigenvalue weighted by molar-refractivity contribution is 9.10. The molecule has 0 saturated carbocycles. The van der Waals surface area contributed by atoms with Crippen LogP contribution >= 0.6 is 23.5 Å². The molecule has 0 aliphatic rings. The van der Waals surface area contributed by atoms with Crippen molar-refractivity contribution in [2.45, 2.75) is 25.7 Å². The number of aromatic nitrogens is 2. The Morgan fingerprint density at radius 3 is 2.12 bits per heavy atom. The lowest BCUT2D eigenvalue weighted by Crippen LogP contribution is -2.25. The van der Waals surface area contributed by atoms with Crippen molar-refractivity contribution in [3.8, 4) is 0 Å². The summed E-state index contributed by atoms with van der Waals surface area (Å²) in [6.45, 7) is 2.31. The van der Waals surface area contributed by atoms with Crippen molar-refractivity contribution in [2.24, 2.45) is 0 Å². The molecule has 2 aromatic carbocycles. The summed E-state index contributed by atoms with van der Waals surface area (Å²) in [6.07, 6.45) is 3.12. The number of imidazole rings is 1. The molecule has 176 valence electrons. The van der Waals surface area contributed by atoms with E-state index in [4.69, 9.17) is 14.5 Å². The van der Waals surface area contributed by atoms with Crippen molar-refractivity contribution in [1.82, 2.24) is 9.13 Å². The van der Waals surface area contributed by atoms with Gasteiger partial charge in [0.25, 0.3) is 0 Å². The first-order chi connectivity index (χ1) is 15.4. The van der Waals surface area contributed by atoms with Gasteiger partial charge in [0.2, 0.25) is 0 Å². The van der Waals surface area contributed by atoms with Crippen LogP contribution in [0.1, 0.15) is 34.0 Å². The molecule has 0 radical (unpaired) electrons. The van der Waals surface area contributed by atoms with Crippen molar-refractivity contribution < 1.29 is 32.7 Å². The van der Waals surface area contributed by atoms with Crippen LogP contribution in [0.5, 0.6) is 0 Å². The van der Waals surface area contributed by atoms with E-state index >= 15 is 0 Å². The van der Waals surface area contributed by atoms with Gasteiger partial charge in [-0.15, -0.1) is 0 Å². The van der Waals surface area contributed by atoms with Crippen LogP contribution in [0.25, 0.3) is 0 Å². The summed E-state index contributed by atoms with van der Waals surface area (Å²) in [5.74, 6) is -0.428. The van der Waals surface area contributed by atoms with E-state index < -0.39 is 24.8 Å². The third kappa shape index (κ3) is 5.50. The van der Waals surface area contributed by atoms with E-state index in [1.807, 2.05) is 0 Å². The zero-order valence-corrected chi connectivity index (χ0v) is 19.8. The average Bonchev–Trinajstić information content (AvgIpc) is 3.07. The lowest BCUT2D eigenvalue weighted by atomic mass is 10.1. The molecule has 1 aromatic heterocycles. The van der Waals surface area contributed by atoms with Crippen LogP contribution in [-0.2, 0) is 28.1 Å². The van der Waals surface area contributed by atoms with Crippen molar-refractivity contribution in [2.75, 3.05) is 6.61 Å². The molecule has 0 aliphatic heterocycles. The zero-order valence-electron chi connectivity index (χ0n) is 17.3. The minimum atomic E-state index is -5.70. The van der Waals surface area contributed by atoms with Gasteiger partial charge >= 0.3 is 24.9 Å². The number of halogens is 3. The molecule has 3 aromatic rings. The molecular formula is C21H20BrF2N2O6P. The largest absolute Gasteiger partial charge is 0.462 e. The maximum atomic E-state index is 14.0. The third-order valence-electron chi connectivity index (χ3n) is 4.81. The van der Waals surface area contributed by atoms with E-state index in [0.29, 0.717) is 11.1 Å². The van der Waals surface area contributed by atoms with E-state index in [1.165, 1.54) is 21.3 Å². The SMILES string of the molecule is CCOC(=O)c1ccc(Cn2ccn(Cc3ccc(C(F)(F)P(=O)(O)O)c(Br)c3)c2=O)cc1. The molecule has 0 bridgehead atoms. The Balaban J connectivity index is 1.75. The summed E-state index contributed by atoms with van der Waals surface area (Å²) in [5, 5.41) is 0. The van der Waals surface area contributed by atoms with Crippen molar-refractivity contribution in [1.29, 1.82) is 0 Å². The fraction of sp³-hybridized carbons (Fsp3) is 0.238. The molecule has 12 heteroatoms. The van der Waals surface area contributed by atoms with Crippen molar-refractivity contribution in [3.63, 3.8) is 0 Å². The van der Waals surface area contributed by atoms with Crippen LogP contribution in [0.2, 0.25) is 0 Å². The number of esters is 1. The summed E-state index contributed by atoms with van der Waals surface area (Å²) in [4.78, 5) is 42.3. The number of nitrogens with zero attached hydrogens (tertiary/aromatic N) is 2. The zero-order chi connectivity index (χ0) is 24.4. The molecule has 3 rings (SSSR count). The first-order valence-electron chi connectivity index (χ1n) is 9.68. The number of carbonyl (C=O) groups is 1. The van der Waals surface area contributed by atoms with Gasteiger partial charge in [0, 0.05) is 22.4 Å². The quantitative estimate of drug-likeness (QED) is 0.328. The molecule has 2 N–H and O–H groups in total. The number of hydrogen-bond donors (Lipinski definition) is 2. The Morgan fingerprint density at radius 2 is 1.61 bits per heavy atom. The second-order valence-electron chi connectivity index (χ2n) is 7.15. The smallest absolute Gasteiger partial charge is 0.399 e. The maximum absolute atomic E-state index is 14.0. The number of benzene rings is 2. The fourth-order valence-electron chi connectivity index (χ4n) is 3.11. The topological polar surface area (TPSA) is 111 Å². The summed E-state index contributed by atoms with van der Waals surface area (Å²) >= 11 is 2.93. The molecule has 33 heavy (non-hydrogen) atoms. The minimum absolute atomic E-state index is 0.0635. The van der Waals surface area contributed by atoms with Gasteiger partial charge in [-0.05, 0) is 36.2 Å². The monoisotopic (exact) mass is 544 g/mol. The number of ether oxygens (including phenoxy) is 1. The van der Waals surface area contributed by atoms with E-state index in [9.17, 15) is 22.9 Å². The number of alkyl halides is 2. The van der Waals surface area contributed by atoms with Gasteiger partial charge < -0.3 is 14.5 Å². The standard InChI is InChI=1S/C21H20BrF2N2O6P/c1-2-32-19(27)16-6-3-14(4-7-16)12-25-9-10-26(20(25)28)13-15-5-8-17(18(22)11-15)21(23,24)33(29,30)31/h3-11H,2,12-13H2,1H3,(H2,29,30,31). The van der Waals surface area contributed by atoms with Gasteiger partial charge in [-0.25, -0.2) is 9.59 Å². The van der Waals surface area contributed by atoms with Crippen LogP contribution in [-0.4, -0.2) is 31.5 Å². The van der Waals surface area contributed by atoms with Gasteiger partial charge in [0.05, 0.1) is 25.3 Å². The highest BCUT2D eigenvalue weighted by Crippen LogP contribution is 2.60. The van der Waals surface area contributed by atoms with Crippen LogP contribution in [0.4, 0.5) is 8.78 Å². The Bertz CT molecular complexity index is 1270. The van der Waals surface area contributed by atoms with Crippen LogP contribution in [0, 0.1) is 0 Å². The number of carbonyl (C=O) groups excluding carboxylic acids is 1. The Hall–Kier alpha value is -2.59. The summed E-state index contributed by atoms with van der Waals surface area (Å²) in [6, 6.07) is 10.1. The Labute approximate surface area is 195 Å². The Kier molecular flexibility index (Phi) is 7.38. The average molecular weight is 545 g/mol. The highest BCUT2D eigenvalue weighted by Gasteiger charge is 2.51. The molecule has 0 unspecified atom stereocenters. The molecule has 0 saturated heterocycles. The summed E-state index contributed by atoms with van der Waals surface area (Å²) in [5.41, 5.74) is -3.85.